The van der Waals surface area contributed by atoms with Gasteiger partial charge in [0.1, 0.15) is 0 Å². The Morgan fingerprint density at radius 1 is 1.00 bits per heavy atom. The molecule has 0 unspecified atom stereocenters. The van der Waals surface area contributed by atoms with E-state index < -0.39 is 0 Å². The van der Waals surface area contributed by atoms with Crippen LogP contribution in [-0.4, -0.2) is 33.0 Å². The van der Waals surface area contributed by atoms with Crippen molar-refractivity contribution in [2.75, 3.05) is 13.1 Å². The van der Waals surface area contributed by atoms with Crippen LogP contribution in [0.1, 0.15) is 54.6 Å². The highest BCUT2D eigenvalue weighted by Crippen LogP contribution is 2.26. The number of amides is 1. The van der Waals surface area contributed by atoms with Crippen molar-refractivity contribution >= 4 is 16.9 Å². The van der Waals surface area contributed by atoms with E-state index in [-0.39, 0.29) is 17.6 Å². The van der Waals surface area contributed by atoms with Gasteiger partial charge in [0.2, 0.25) is 0 Å². The number of hydrogen-bond donors (Lipinski definition) is 0. The van der Waals surface area contributed by atoms with Crippen LogP contribution in [0.5, 0.6) is 0 Å². The van der Waals surface area contributed by atoms with Crippen LogP contribution >= 0.6 is 0 Å². The largest absolute Gasteiger partial charge is 0.338 e. The van der Waals surface area contributed by atoms with Crippen molar-refractivity contribution in [2.24, 2.45) is 7.05 Å². The highest BCUT2D eigenvalue weighted by Gasteiger charge is 2.27. The molecule has 4 rings (SSSR count). The van der Waals surface area contributed by atoms with E-state index in [2.05, 4.69) is 19.1 Å². The molecule has 2 aromatic carbocycles. The van der Waals surface area contributed by atoms with Gasteiger partial charge in [0, 0.05) is 31.7 Å². The molecule has 5 nitrogen and oxygen atoms in total. The van der Waals surface area contributed by atoms with Crippen molar-refractivity contribution in [1.29, 1.82) is 0 Å². The van der Waals surface area contributed by atoms with E-state index in [4.69, 9.17) is 0 Å². The van der Waals surface area contributed by atoms with Crippen molar-refractivity contribution in [3.8, 4) is 0 Å². The van der Waals surface area contributed by atoms with Gasteiger partial charge in [0.25, 0.3) is 5.91 Å². The lowest BCUT2D eigenvalue weighted by Gasteiger charge is -2.32. The molecule has 5 heteroatoms. The number of carbonyl (C=O) groups is 1. The van der Waals surface area contributed by atoms with E-state index >= 15 is 0 Å². The Morgan fingerprint density at radius 3 is 2.31 bits per heavy atom. The van der Waals surface area contributed by atoms with Crippen molar-refractivity contribution in [3.05, 3.63) is 70.1 Å². The lowest BCUT2D eigenvalue weighted by Crippen LogP contribution is -2.40. The zero-order valence-corrected chi connectivity index (χ0v) is 17.3. The molecular weight excluding hydrogens is 362 g/mol. The number of carbonyl (C=O) groups excluding carboxylic acids is 1. The molecule has 1 aliphatic heterocycles. The van der Waals surface area contributed by atoms with Crippen LogP contribution in [-0.2, 0) is 13.5 Å². The van der Waals surface area contributed by atoms with E-state index in [0.29, 0.717) is 13.1 Å². The first-order valence-corrected chi connectivity index (χ1v) is 10.6. The molecule has 1 aromatic heterocycles. The molecule has 3 aromatic rings. The average Bonchev–Trinajstić information content (AvgIpc) is 3.03. The minimum Gasteiger partial charge on any atom is -0.338 e. The molecule has 1 amide bonds. The van der Waals surface area contributed by atoms with Crippen LogP contribution in [0.2, 0.25) is 0 Å². The van der Waals surface area contributed by atoms with Gasteiger partial charge in [-0.2, -0.15) is 0 Å². The summed E-state index contributed by atoms with van der Waals surface area (Å²) in [5.74, 6) is 0.0933. The van der Waals surface area contributed by atoms with Crippen LogP contribution in [0.25, 0.3) is 11.0 Å². The van der Waals surface area contributed by atoms with Gasteiger partial charge in [-0.25, -0.2) is 4.79 Å². The summed E-state index contributed by atoms with van der Waals surface area (Å²) in [5, 5.41) is 0. The molecule has 0 saturated carbocycles. The number of rotatable bonds is 5. The summed E-state index contributed by atoms with van der Waals surface area (Å²) in [4.78, 5) is 27.6. The van der Waals surface area contributed by atoms with Gasteiger partial charge < -0.3 is 4.90 Å². The van der Waals surface area contributed by atoms with Gasteiger partial charge in [-0.1, -0.05) is 37.6 Å². The molecule has 0 N–H and O–H groups in total. The highest BCUT2D eigenvalue weighted by atomic mass is 16.2. The summed E-state index contributed by atoms with van der Waals surface area (Å²) < 4.78 is 3.63. The summed E-state index contributed by atoms with van der Waals surface area (Å²) in [7, 11) is 1.82. The summed E-state index contributed by atoms with van der Waals surface area (Å²) >= 11 is 0. The number of benzene rings is 2. The summed E-state index contributed by atoms with van der Waals surface area (Å²) in [6.45, 7) is 3.54. The maximum atomic E-state index is 12.9. The predicted octanol–water partition coefficient (Wildman–Crippen LogP) is 4.16. The third-order valence-electron chi connectivity index (χ3n) is 6.13. The van der Waals surface area contributed by atoms with Crippen LogP contribution in [0.4, 0.5) is 0 Å². The quantitative estimate of drug-likeness (QED) is 0.656. The number of aryl methyl sites for hydroxylation is 2. The number of fused-ring (bicyclic) bond motifs is 1. The Labute approximate surface area is 171 Å². The SMILES string of the molecule is CCCCc1ccc(C(=O)N2CCC(n3c(=O)n(C)c4ccccc43)CC2)cc1. The monoisotopic (exact) mass is 391 g/mol. The fourth-order valence-corrected chi connectivity index (χ4v) is 4.38. The zero-order valence-electron chi connectivity index (χ0n) is 17.3. The molecule has 29 heavy (non-hydrogen) atoms. The molecular formula is C24H29N3O2. The first-order chi connectivity index (χ1) is 14.1. The van der Waals surface area contributed by atoms with Crippen molar-refractivity contribution in [1.82, 2.24) is 14.0 Å². The van der Waals surface area contributed by atoms with Crippen molar-refractivity contribution in [3.63, 3.8) is 0 Å². The van der Waals surface area contributed by atoms with Gasteiger partial charge in [-0.3, -0.25) is 13.9 Å². The first kappa shape index (κ1) is 19.5. The third-order valence-corrected chi connectivity index (χ3v) is 6.13. The molecule has 1 saturated heterocycles. The van der Waals surface area contributed by atoms with Gasteiger partial charge in [0.05, 0.1) is 11.0 Å². The number of aromatic nitrogens is 2. The highest BCUT2D eigenvalue weighted by molar-refractivity contribution is 5.94. The average molecular weight is 392 g/mol. The molecule has 0 radical (unpaired) electrons. The van der Waals surface area contributed by atoms with Gasteiger partial charge in [0.15, 0.2) is 0 Å². The Balaban J connectivity index is 1.45. The molecule has 0 aliphatic carbocycles. The summed E-state index contributed by atoms with van der Waals surface area (Å²) in [5.41, 5.74) is 4.01. The van der Waals surface area contributed by atoms with Crippen LogP contribution in [0, 0.1) is 0 Å². The fraction of sp³-hybridized carbons (Fsp3) is 0.417. The molecule has 0 atom stereocenters. The zero-order chi connectivity index (χ0) is 20.4. The van der Waals surface area contributed by atoms with Gasteiger partial charge >= 0.3 is 5.69 Å². The Kier molecular flexibility index (Phi) is 5.56. The first-order valence-electron chi connectivity index (χ1n) is 10.6. The number of hydrogen-bond acceptors (Lipinski definition) is 2. The molecule has 152 valence electrons. The maximum absolute atomic E-state index is 12.9. The van der Waals surface area contributed by atoms with E-state index in [1.54, 1.807) is 4.57 Å². The molecule has 0 spiro atoms. The molecule has 2 heterocycles. The Morgan fingerprint density at radius 2 is 1.66 bits per heavy atom. The number of imidazole rings is 1. The summed E-state index contributed by atoms with van der Waals surface area (Å²) in [6.07, 6.45) is 5.02. The minimum absolute atomic E-state index is 0.0265. The number of unbranched alkanes of at least 4 members (excludes halogenated alkanes) is 1. The smallest absolute Gasteiger partial charge is 0.329 e. The second-order valence-corrected chi connectivity index (χ2v) is 8.02. The number of likely N-dealkylation sites (tertiary alicyclic amines) is 1. The van der Waals surface area contributed by atoms with Crippen LogP contribution in [0.3, 0.4) is 0 Å². The van der Waals surface area contributed by atoms with Gasteiger partial charge in [-0.15, -0.1) is 0 Å². The molecule has 1 fully saturated rings. The second kappa shape index (κ2) is 8.27. The predicted molar refractivity (Wildman–Crippen MR) is 116 cm³/mol. The van der Waals surface area contributed by atoms with Crippen LogP contribution in [0.15, 0.2) is 53.3 Å². The van der Waals surface area contributed by atoms with Crippen molar-refractivity contribution < 1.29 is 4.79 Å². The fourth-order valence-electron chi connectivity index (χ4n) is 4.38. The minimum atomic E-state index is 0.0265. The van der Waals surface area contributed by atoms with Gasteiger partial charge in [-0.05, 0) is 55.5 Å². The summed E-state index contributed by atoms with van der Waals surface area (Å²) in [6, 6.07) is 16.1. The van der Waals surface area contributed by atoms with Crippen molar-refractivity contribution in [2.45, 2.75) is 45.1 Å². The van der Waals surface area contributed by atoms with E-state index in [1.165, 1.54) is 18.4 Å². The second-order valence-electron chi connectivity index (χ2n) is 8.02. The van der Waals surface area contributed by atoms with E-state index in [9.17, 15) is 9.59 Å². The Bertz CT molecular complexity index is 1050. The Hall–Kier alpha value is -2.82. The lowest BCUT2D eigenvalue weighted by atomic mass is 10.0. The third kappa shape index (κ3) is 3.74. The number of nitrogens with zero attached hydrogens (tertiary/aromatic N) is 3. The van der Waals surface area contributed by atoms with Crippen LogP contribution < -0.4 is 5.69 Å². The topological polar surface area (TPSA) is 47.2 Å². The van der Waals surface area contributed by atoms with E-state index in [0.717, 1.165) is 35.9 Å². The molecule has 0 bridgehead atoms. The maximum Gasteiger partial charge on any atom is 0.329 e. The van der Waals surface area contributed by atoms with E-state index in [1.807, 2.05) is 52.9 Å². The molecule has 1 aliphatic rings. The standard InChI is InChI=1S/C24H29N3O2/c1-3-4-7-18-10-12-19(13-11-18)23(28)26-16-14-20(15-17-26)27-22-9-6-5-8-21(22)25(2)24(27)29/h5-6,8-13,20H,3-4,7,14-17H2,1-2H3. The lowest BCUT2D eigenvalue weighted by molar-refractivity contribution is 0.0694. The number of piperidine rings is 1. The normalized spacial score (nSPS) is 15.2. The number of para-hydroxylation sites is 2.